The molecular weight excluding hydrogens is 400 g/mol. The van der Waals surface area contributed by atoms with Gasteiger partial charge in [0.15, 0.2) is 0 Å². The second kappa shape index (κ2) is 9.21. The summed E-state index contributed by atoms with van der Waals surface area (Å²) in [5, 5.41) is 42.8. The maximum Gasteiger partial charge on any atom is 0.0822 e. The lowest BCUT2D eigenvalue weighted by molar-refractivity contribution is -0.100. The summed E-state index contributed by atoms with van der Waals surface area (Å²) in [6, 6.07) is 0. The Hall–Kier alpha value is -1.20. The Morgan fingerprint density at radius 2 is 1.84 bits per heavy atom. The monoisotopic (exact) mass is 444 g/mol. The molecule has 3 aliphatic rings. The summed E-state index contributed by atoms with van der Waals surface area (Å²) < 4.78 is 0. The Morgan fingerprint density at radius 1 is 1.16 bits per heavy atom. The first-order valence-electron chi connectivity index (χ1n) is 12.4. The first-order chi connectivity index (χ1) is 14.8. The van der Waals surface area contributed by atoms with Gasteiger partial charge in [0.25, 0.3) is 0 Å². The van der Waals surface area contributed by atoms with Crippen molar-refractivity contribution in [3.63, 3.8) is 0 Å². The third-order valence-electron chi connectivity index (χ3n) is 9.09. The van der Waals surface area contributed by atoms with Crippen LogP contribution in [0.4, 0.5) is 0 Å². The lowest BCUT2D eigenvalue weighted by Crippen LogP contribution is -2.50. The van der Waals surface area contributed by atoms with E-state index in [0.29, 0.717) is 24.3 Å². The number of hydrogen-bond acceptors (Lipinski definition) is 4. The largest absolute Gasteiger partial charge is 0.393 e. The number of aliphatic hydroxyl groups is 4. The van der Waals surface area contributed by atoms with E-state index in [9.17, 15) is 20.4 Å². The molecule has 0 aromatic rings. The second-order valence-electron chi connectivity index (χ2n) is 11.4. The van der Waals surface area contributed by atoms with Crippen molar-refractivity contribution in [1.82, 2.24) is 0 Å². The number of hydrogen-bond donors (Lipinski definition) is 4. The minimum Gasteiger partial charge on any atom is -0.393 e. The van der Waals surface area contributed by atoms with Crippen molar-refractivity contribution in [2.24, 2.45) is 23.2 Å². The van der Waals surface area contributed by atoms with Gasteiger partial charge in [-0.25, -0.2) is 0 Å². The number of fused-ring (bicyclic) bond motifs is 1. The molecule has 0 aliphatic heterocycles. The Balaban J connectivity index is 1.84. The molecule has 0 spiro atoms. The minimum atomic E-state index is -0.884. The lowest BCUT2D eigenvalue weighted by atomic mass is 9.58. The van der Waals surface area contributed by atoms with Crippen LogP contribution in [0.2, 0.25) is 0 Å². The van der Waals surface area contributed by atoms with Crippen LogP contribution in [0.15, 0.2) is 47.6 Å². The van der Waals surface area contributed by atoms with Gasteiger partial charge in [0.2, 0.25) is 0 Å². The summed E-state index contributed by atoms with van der Waals surface area (Å²) in [4.78, 5) is 0. The van der Waals surface area contributed by atoms with Crippen LogP contribution in [0.25, 0.3) is 0 Å². The zero-order chi connectivity index (χ0) is 23.9. The molecule has 180 valence electrons. The highest BCUT2D eigenvalue weighted by atomic mass is 16.3. The van der Waals surface area contributed by atoms with Crippen LogP contribution in [0, 0.1) is 23.2 Å². The molecule has 0 saturated heterocycles. The van der Waals surface area contributed by atoms with Crippen LogP contribution in [0.5, 0.6) is 0 Å². The van der Waals surface area contributed by atoms with E-state index in [1.807, 2.05) is 39.0 Å². The molecule has 32 heavy (non-hydrogen) atoms. The third kappa shape index (κ3) is 4.57. The normalized spacial score (nSPS) is 41.4. The fourth-order valence-corrected chi connectivity index (χ4v) is 6.19. The van der Waals surface area contributed by atoms with Gasteiger partial charge >= 0.3 is 0 Å². The highest BCUT2D eigenvalue weighted by Crippen LogP contribution is 2.61. The molecule has 3 rings (SSSR count). The molecule has 0 heterocycles. The van der Waals surface area contributed by atoms with Crippen molar-refractivity contribution in [2.45, 2.75) is 103 Å². The molecule has 0 aromatic heterocycles. The molecule has 0 aromatic carbocycles. The van der Waals surface area contributed by atoms with Crippen molar-refractivity contribution < 1.29 is 20.4 Å². The van der Waals surface area contributed by atoms with E-state index in [4.69, 9.17) is 0 Å². The van der Waals surface area contributed by atoms with Crippen LogP contribution >= 0.6 is 0 Å². The predicted molar refractivity (Wildman–Crippen MR) is 130 cm³/mol. The molecule has 3 fully saturated rings. The van der Waals surface area contributed by atoms with Gasteiger partial charge in [0.1, 0.15) is 0 Å². The molecule has 3 saturated carbocycles. The van der Waals surface area contributed by atoms with E-state index in [0.717, 1.165) is 37.7 Å². The molecule has 1 unspecified atom stereocenters. The SMILES string of the molecule is C=C1/C(=C/C=C2\CCC[C@@]3(C)C2CC[C@]3(O)[C@H](C)/C=C/[C@@](C)(O)C(C)C)C[C@@H](O)C[C@@H]1O. The molecule has 4 heteroatoms. The van der Waals surface area contributed by atoms with Crippen LogP contribution in [-0.4, -0.2) is 43.8 Å². The molecular formula is C28H44O4. The van der Waals surface area contributed by atoms with Gasteiger partial charge in [-0.15, -0.1) is 0 Å². The molecule has 7 atom stereocenters. The molecule has 3 aliphatic carbocycles. The Kier molecular flexibility index (Phi) is 7.32. The topological polar surface area (TPSA) is 80.9 Å². The summed E-state index contributed by atoms with van der Waals surface area (Å²) in [5.74, 6) is 0.367. The van der Waals surface area contributed by atoms with E-state index in [1.165, 1.54) is 5.57 Å². The van der Waals surface area contributed by atoms with Gasteiger partial charge < -0.3 is 20.4 Å². The van der Waals surface area contributed by atoms with Gasteiger partial charge in [0.05, 0.1) is 23.4 Å². The smallest absolute Gasteiger partial charge is 0.0822 e. The number of aliphatic hydroxyl groups excluding tert-OH is 2. The Bertz CT molecular complexity index is 804. The predicted octanol–water partition coefficient (Wildman–Crippen LogP) is 4.84. The highest BCUT2D eigenvalue weighted by molar-refractivity contribution is 5.39. The lowest BCUT2D eigenvalue weighted by Gasteiger charge is -2.49. The van der Waals surface area contributed by atoms with Gasteiger partial charge in [-0.3, -0.25) is 0 Å². The van der Waals surface area contributed by atoms with Crippen molar-refractivity contribution >= 4 is 0 Å². The summed E-state index contributed by atoms with van der Waals surface area (Å²) in [7, 11) is 0. The summed E-state index contributed by atoms with van der Waals surface area (Å²) in [6.45, 7) is 14.2. The highest BCUT2D eigenvalue weighted by Gasteiger charge is 2.59. The van der Waals surface area contributed by atoms with Crippen molar-refractivity contribution in [1.29, 1.82) is 0 Å². The molecule has 4 N–H and O–H groups in total. The van der Waals surface area contributed by atoms with E-state index < -0.39 is 23.4 Å². The van der Waals surface area contributed by atoms with Gasteiger partial charge in [-0.1, -0.05) is 64.2 Å². The van der Waals surface area contributed by atoms with E-state index in [2.05, 4.69) is 26.5 Å². The maximum atomic E-state index is 11.9. The van der Waals surface area contributed by atoms with Gasteiger partial charge in [0, 0.05) is 17.8 Å². The average molecular weight is 445 g/mol. The second-order valence-corrected chi connectivity index (χ2v) is 11.4. The Labute approximate surface area is 194 Å². The van der Waals surface area contributed by atoms with Crippen LogP contribution < -0.4 is 0 Å². The first kappa shape index (κ1) is 25.4. The fraction of sp³-hybridized carbons (Fsp3) is 0.714. The van der Waals surface area contributed by atoms with Crippen molar-refractivity contribution in [2.75, 3.05) is 0 Å². The summed E-state index contributed by atoms with van der Waals surface area (Å²) in [5.41, 5.74) is 1.08. The number of allylic oxidation sites excluding steroid dienone is 3. The fourth-order valence-electron chi connectivity index (χ4n) is 6.19. The minimum absolute atomic E-state index is 0.0520. The number of rotatable bonds is 5. The standard InChI is InChI=1S/C28H44O4/c1-18(2)27(6,31)14-11-19(3)28(32)15-12-24-21(8-7-13-26(24,28)5)9-10-22-16-23(29)17-25(30)20(22)4/h9-11,14,18-19,23-25,29-32H,4,7-8,12-13,15-17H2,1-3,5-6H3/b14-11+,21-9+,22-10+/t19-,23-,24?,25+,26+,27-,28+/m1/s1. The molecule has 0 bridgehead atoms. The maximum absolute atomic E-state index is 11.9. The van der Waals surface area contributed by atoms with E-state index >= 15 is 0 Å². The quantitative estimate of drug-likeness (QED) is 0.457. The van der Waals surface area contributed by atoms with E-state index in [1.54, 1.807) is 0 Å². The van der Waals surface area contributed by atoms with Gasteiger partial charge in [-0.05, 0) is 68.4 Å². The average Bonchev–Trinajstić information content (AvgIpc) is 3.00. The van der Waals surface area contributed by atoms with Crippen molar-refractivity contribution in [3.05, 3.63) is 47.6 Å². The van der Waals surface area contributed by atoms with Crippen LogP contribution in [0.1, 0.15) is 79.6 Å². The van der Waals surface area contributed by atoms with Crippen molar-refractivity contribution in [3.8, 4) is 0 Å². The van der Waals surface area contributed by atoms with Crippen LogP contribution in [0.3, 0.4) is 0 Å². The summed E-state index contributed by atoms with van der Waals surface area (Å²) in [6.07, 6.45) is 12.5. The van der Waals surface area contributed by atoms with Gasteiger partial charge in [-0.2, -0.15) is 0 Å². The molecule has 0 amide bonds. The first-order valence-corrected chi connectivity index (χ1v) is 12.4. The zero-order valence-electron chi connectivity index (χ0n) is 20.6. The zero-order valence-corrected chi connectivity index (χ0v) is 20.6. The molecule has 4 nitrogen and oxygen atoms in total. The Morgan fingerprint density at radius 3 is 2.50 bits per heavy atom. The molecule has 0 radical (unpaired) electrons. The third-order valence-corrected chi connectivity index (χ3v) is 9.09. The van der Waals surface area contributed by atoms with Crippen LogP contribution in [-0.2, 0) is 0 Å². The summed E-state index contributed by atoms with van der Waals surface area (Å²) >= 11 is 0. The van der Waals surface area contributed by atoms with E-state index in [-0.39, 0.29) is 17.3 Å².